The Bertz CT molecular complexity index is 295. The topological polar surface area (TPSA) is 12.9 Å². The van der Waals surface area contributed by atoms with Crippen molar-refractivity contribution in [2.24, 2.45) is 0 Å². The van der Waals surface area contributed by atoms with Crippen molar-refractivity contribution in [3.05, 3.63) is 26.4 Å². The highest BCUT2D eigenvalue weighted by molar-refractivity contribution is 9.13. The number of nitrogens with zero attached hydrogens (tertiary/aromatic N) is 1. The lowest BCUT2D eigenvalue weighted by Gasteiger charge is -2.09. The van der Waals surface area contributed by atoms with E-state index in [0.29, 0.717) is 5.92 Å². The van der Waals surface area contributed by atoms with Crippen molar-refractivity contribution in [2.45, 2.75) is 26.7 Å². The molecule has 0 aromatic carbocycles. The third kappa shape index (κ3) is 2.07. The first kappa shape index (κ1) is 10.2. The quantitative estimate of drug-likeness (QED) is 0.712. The Balaban J connectivity index is 3.23. The van der Waals surface area contributed by atoms with E-state index in [1.807, 2.05) is 6.92 Å². The molecular weight excluding hydrogens is 282 g/mol. The molecular formula is C9H11Br2N. The molecule has 0 bridgehead atoms. The zero-order valence-electron chi connectivity index (χ0n) is 7.36. The fourth-order valence-electron chi connectivity index (χ4n) is 1.15. The van der Waals surface area contributed by atoms with Crippen LogP contribution in [0.5, 0.6) is 0 Å². The van der Waals surface area contributed by atoms with Gasteiger partial charge < -0.3 is 0 Å². The molecule has 0 saturated carbocycles. The van der Waals surface area contributed by atoms with Crippen LogP contribution in [0.3, 0.4) is 0 Å². The van der Waals surface area contributed by atoms with Crippen LogP contribution in [-0.4, -0.2) is 4.98 Å². The van der Waals surface area contributed by atoms with Crippen LogP contribution < -0.4 is 0 Å². The van der Waals surface area contributed by atoms with E-state index in [1.165, 1.54) is 5.56 Å². The lowest BCUT2D eigenvalue weighted by Crippen LogP contribution is -1.95. The minimum atomic E-state index is 0.530. The molecule has 0 unspecified atom stereocenters. The molecule has 0 atom stereocenters. The average Bonchev–Trinajstić information content (AvgIpc) is 1.96. The summed E-state index contributed by atoms with van der Waals surface area (Å²) in [6.45, 7) is 6.38. The Kier molecular flexibility index (Phi) is 3.29. The van der Waals surface area contributed by atoms with E-state index in [4.69, 9.17) is 0 Å². The van der Waals surface area contributed by atoms with Crippen molar-refractivity contribution in [1.29, 1.82) is 0 Å². The van der Waals surface area contributed by atoms with Crippen molar-refractivity contribution < 1.29 is 0 Å². The smallest absolute Gasteiger partial charge is 0.120 e. The van der Waals surface area contributed by atoms with Gasteiger partial charge in [-0.05, 0) is 56.3 Å². The maximum atomic E-state index is 4.36. The molecule has 0 aliphatic carbocycles. The standard InChI is InChI=1S/C9H11Br2N/c1-5(2)7-4-8(10)9(11)12-6(7)3/h4-5H,1-3H3. The van der Waals surface area contributed by atoms with E-state index in [0.717, 1.165) is 14.8 Å². The van der Waals surface area contributed by atoms with E-state index in [9.17, 15) is 0 Å². The van der Waals surface area contributed by atoms with Crippen molar-refractivity contribution in [1.82, 2.24) is 4.98 Å². The first-order chi connectivity index (χ1) is 5.52. The average molecular weight is 293 g/mol. The second kappa shape index (κ2) is 3.88. The van der Waals surface area contributed by atoms with Gasteiger partial charge in [0.1, 0.15) is 4.60 Å². The van der Waals surface area contributed by atoms with Gasteiger partial charge in [0.2, 0.25) is 0 Å². The molecule has 0 fully saturated rings. The van der Waals surface area contributed by atoms with Gasteiger partial charge in [0.15, 0.2) is 0 Å². The highest BCUT2D eigenvalue weighted by Crippen LogP contribution is 2.27. The summed E-state index contributed by atoms with van der Waals surface area (Å²) < 4.78 is 1.90. The maximum Gasteiger partial charge on any atom is 0.120 e. The number of rotatable bonds is 1. The first-order valence-corrected chi connectivity index (χ1v) is 5.43. The number of aryl methyl sites for hydroxylation is 1. The second-order valence-electron chi connectivity index (χ2n) is 3.09. The van der Waals surface area contributed by atoms with Gasteiger partial charge in [-0.15, -0.1) is 0 Å². The zero-order chi connectivity index (χ0) is 9.30. The highest BCUT2D eigenvalue weighted by Gasteiger charge is 2.07. The van der Waals surface area contributed by atoms with E-state index >= 15 is 0 Å². The molecule has 1 aromatic rings. The predicted octanol–water partition coefficient (Wildman–Crippen LogP) is 4.04. The molecule has 0 aliphatic heterocycles. The molecule has 1 aromatic heterocycles. The Morgan fingerprint density at radius 2 is 1.92 bits per heavy atom. The Labute approximate surface area is 89.8 Å². The van der Waals surface area contributed by atoms with Gasteiger partial charge in [0.25, 0.3) is 0 Å². The molecule has 0 aliphatic rings. The van der Waals surface area contributed by atoms with Crippen molar-refractivity contribution in [3.8, 4) is 0 Å². The lowest BCUT2D eigenvalue weighted by molar-refractivity contribution is 0.838. The van der Waals surface area contributed by atoms with Crippen LogP contribution in [0, 0.1) is 6.92 Å². The Morgan fingerprint density at radius 1 is 1.33 bits per heavy atom. The molecule has 3 heteroatoms. The third-order valence-electron chi connectivity index (χ3n) is 1.78. The largest absolute Gasteiger partial charge is 0.245 e. The van der Waals surface area contributed by atoms with Crippen LogP contribution in [0.15, 0.2) is 15.1 Å². The van der Waals surface area contributed by atoms with Crippen molar-refractivity contribution in [2.75, 3.05) is 0 Å². The zero-order valence-corrected chi connectivity index (χ0v) is 10.5. The summed E-state index contributed by atoms with van der Waals surface area (Å²) >= 11 is 6.81. The predicted molar refractivity (Wildman–Crippen MR) is 58.5 cm³/mol. The van der Waals surface area contributed by atoms with E-state index < -0.39 is 0 Å². The van der Waals surface area contributed by atoms with Gasteiger partial charge in [-0.3, -0.25) is 0 Å². The van der Waals surface area contributed by atoms with Gasteiger partial charge >= 0.3 is 0 Å². The van der Waals surface area contributed by atoms with Crippen LogP contribution in [0.4, 0.5) is 0 Å². The highest BCUT2D eigenvalue weighted by atomic mass is 79.9. The van der Waals surface area contributed by atoms with E-state index in [-0.39, 0.29) is 0 Å². The fourth-order valence-corrected chi connectivity index (χ4v) is 1.87. The summed E-state index contributed by atoms with van der Waals surface area (Å²) in [6.07, 6.45) is 0. The maximum absolute atomic E-state index is 4.36. The summed E-state index contributed by atoms with van der Waals surface area (Å²) in [6, 6.07) is 2.12. The van der Waals surface area contributed by atoms with Gasteiger partial charge in [-0.2, -0.15) is 0 Å². The van der Waals surface area contributed by atoms with Crippen LogP contribution in [0.25, 0.3) is 0 Å². The number of pyridine rings is 1. The summed E-state index contributed by atoms with van der Waals surface area (Å²) in [5.74, 6) is 0.530. The summed E-state index contributed by atoms with van der Waals surface area (Å²) in [4.78, 5) is 4.36. The molecule has 66 valence electrons. The SMILES string of the molecule is Cc1nc(Br)c(Br)cc1C(C)C. The first-order valence-electron chi connectivity index (χ1n) is 3.85. The summed E-state index contributed by atoms with van der Waals surface area (Å²) in [5, 5.41) is 0. The summed E-state index contributed by atoms with van der Waals surface area (Å²) in [7, 11) is 0. The monoisotopic (exact) mass is 291 g/mol. The van der Waals surface area contributed by atoms with Crippen molar-refractivity contribution >= 4 is 31.9 Å². The van der Waals surface area contributed by atoms with E-state index in [1.54, 1.807) is 0 Å². The number of hydrogen-bond donors (Lipinski definition) is 0. The summed E-state index contributed by atoms with van der Waals surface area (Å²) in [5.41, 5.74) is 2.39. The Morgan fingerprint density at radius 3 is 2.42 bits per heavy atom. The number of halogens is 2. The molecule has 1 heterocycles. The molecule has 0 saturated heterocycles. The van der Waals surface area contributed by atoms with Gasteiger partial charge in [0.05, 0.1) is 4.47 Å². The minimum Gasteiger partial charge on any atom is -0.245 e. The molecule has 0 radical (unpaired) electrons. The molecule has 0 N–H and O–H groups in total. The van der Waals surface area contributed by atoms with Gasteiger partial charge in [-0.25, -0.2) is 4.98 Å². The Hall–Kier alpha value is 0.110. The number of aromatic nitrogens is 1. The van der Waals surface area contributed by atoms with Crippen LogP contribution in [0.1, 0.15) is 31.0 Å². The fraction of sp³-hybridized carbons (Fsp3) is 0.444. The van der Waals surface area contributed by atoms with Crippen LogP contribution in [0.2, 0.25) is 0 Å². The molecule has 0 amide bonds. The molecule has 0 spiro atoms. The normalized spacial score (nSPS) is 10.8. The van der Waals surface area contributed by atoms with Crippen LogP contribution in [-0.2, 0) is 0 Å². The second-order valence-corrected chi connectivity index (χ2v) is 4.70. The molecule has 1 nitrogen and oxygen atoms in total. The molecule has 1 rings (SSSR count). The van der Waals surface area contributed by atoms with Crippen molar-refractivity contribution in [3.63, 3.8) is 0 Å². The van der Waals surface area contributed by atoms with Crippen LogP contribution >= 0.6 is 31.9 Å². The minimum absolute atomic E-state index is 0.530. The van der Waals surface area contributed by atoms with Gasteiger partial charge in [0, 0.05) is 5.69 Å². The van der Waals surface area contributed by atoms with E-state index in [2.05, 4.69) is 56.8 Å². The third-order valence-corrected chi connectivity index (χ3v) is 3.53. The molecule has 12 heavy (non-hydrogen) atoms. The number of hydrogen-bond acceptors (Lipinski definition) is 1. The lowest BCUT2D eigenvalue weighted by atomic mass is 10.0. The van der Waals surface area contributed by atoms with Gasteiger partial charge in [-0.1, -0.05) is 13.8 Å².